The predicted molar refractivity (Wildman–Crippen MR) is 136 cm³/mol. The summed E-state index contributed by atoms with van der Waals surface area (Å²) in [6.45, 7) is 6.50. The number of hydrogen-bond donors (Lipinski definition) is 1. The summed E-state index contributed by atoms with van der Waals surface area (Å²) >= 11 is 0. The van der Waals surface area contributed by atoms with Crippen LogP contribution >= 0.6 is 0 Å². The second-order valence-electron chi connectivity index (χ2n) is 8.94. The first-order valence-electron chi connectivity index (χ1n) is 11.9. The van der Waals surface area contributed by atoms with Gasteiger partial charge in [-0.05, 0) is 62.5 Å². The Morgan fingerprint density at radius 1 is 0.971 bits per heavy atom. The monoisotopic (exact) mass is 467 g/mol. The number of nitrogens with zero attached hydrogens (tertiary/aromatic N) is 5. The van der Waals surface area contributed by atoms with E-state index in [1.807, 2.05) is 41.1 Å². The molecule has 2 aromatic heterocycles. The van der Waals surface area contributed by atoms with Gasteiger partial charge < -0.3 is 24.0 Å². The first kappa shape index (κ1) is 22.9. The summed E-state index contributed by atoms with van der Waals surface area (Å²) < 4.78 is 7.41. The molecule has 1 unspecified atom stereocenters. The highest BCUT2D eigenvalue weighted by atomic mass is 16.5. The zero-order valence-corrected chi connectivity index (χ0v) is 20.1. The van der Waals surface area contributed by atoms with Crippen LogP contribution in [-0.4, -0.2) is 57.9 Å². The van der Waals surface area contributed by atoms with Gasteiger partial charge in [0.15, 0.2) is 5.76 Å². The van der Waals surface area contributed by atoms with E-state index in [1.54, 1.807) is 13.1 Å². The first-order chi connectivity index (χ1) is 17.0. The molecule has 0 aliphatic carbocycles. The minimum absolute atomic E-state index is 0.487. The second kappa shape index (κ2) is 10.2. The Kier molecular flexibility index (Phi) is 6.66. The van der Waals surface area contributed by atoms with Crippen LogP contribution in [0.1, 0.15) is 35.7 Å². The molecule has 0 spiro atoms. The highest BCUT2D eigenvalue weighted by Gasteiger charge is 2.14. The number of hydrogen-bond acceptors (Lipinski definition) is 6. The van der Waals surface area contributed by atoms with Crippen molar-refractivity contribution in [2.75, 3.05) is 38.1 Å². The predicted octanol–water partition coefficient (Wildman–Crippen LogP) is 3.79. The number of rotatable bonds is 5. The molecule has 5 rings (SSSR count). The Morgan fingerprint density at radius 3 is 2.29 bits per heavy atom. The average molecular weight is 468 g/mol. The van der Waals surface area contributed by atoms with Crippen LogP contribution in [0, 0.1) is 11.8 Å². The fraction of sp³-hybridized carbons (Fsp3) is 0.286. The smallest absolute Gasteiger partial charge is 0.167 e. The molecule has 7 heteroatoms. The molecule has 4 aromatic rings. The standard InChI is InChI=1S/C28H29N5O2/c1-21(34)28-29-13-14-33(28)20-25-19-27(35-30-25)24-9-5-22(6-10-24)3-4-23-7-11-26(12-8-23)32-17-15-31(2)16-18-32/h5-14,19,21,34H,15-18,20H2,1-2H3. The van der Waals surface area contributed by atoms with Crippen molar-refractivity contribution in [3.8, 4) is 23.2 Å². The van der Waals surface area contributed by atoms with E-state index in [0.717, 1.165) is 48.6 Å². The molecule has 2 aromatic carbocycles. The third-order valence-corrected chi connectivity index (χ3v) is 6.27. The number of anilines is 1. The lowest BCUT2D eigenvalue weighted by molar-refractivity contribution is 0.184. The van der Waals surface area contributed by atoms with E-state index in [1.165, 1.54) is 5.69 Å². The molecule has 0 amide bonds. The molecule has 0 radical (unpaired) electrons. The molecule has 7 nitrogen and oxygen atoms in total. The number of piperazine rings is 1. The topological polar surface area (TPSA) is 70.6 Å². The molecule has 0 saturated carbocycles. The van der Waals surface area contributed by atoms with E-state index in [2.05, 4.69) is 63.1 Å². The van der Waals surface area contributed by atoms with Gasteiger partial charge in [-0.3, -0.25) is 0 Å². The van der Waals surface area contributed by atoms with Crippen molar-refractivity contribution in [3.05, 3.63) is 89.6 Å². The van der Waals surface area contributed by atoms with E-state index >= 15 is 0 Å². The number of aromatic nitrogens is 3. The summed E-state index contributed by atoms with van der Waals surface area (Å²) in [6.07, 6.45) is 2.86. The summed E-state index contributed by atoms with van der Waals surface area (Å²) in [6, 6.07) is 18.4. The van der Waals surface area contributed by atoms with E-state index < -0.39 is 6.10 Å². The van der Waals surface area contributed by atoms with Crippen molar-refractivity contribution in [1.29, 1.82) is 0 Å². The van der Waals surface area contributed by atoms with Gasteiger partial charge in [-0.15, -0.1) is 0 Å². The third-order valence-electron chi connectivity index (χ3n) is 6.27. The molecule has 1 aliphatic rings. The van der Waals surface area contributed by atoms with Crippen LogP contribution in [0.4, 0.5) is 5.69 Å². The fourth-order valence-electron chi connectivity index (χ4n) is 4.20. The van der Waals surface area contributed by atoms with E-state index in [0.29, 0.717) is 18.1 Å². The molecule has 178 valence electrons. The van der Waals surface area contributed by atoms with Crippen LogP contribution in [0.5, 0.6) is 0 Å². The van der Waals surface area contributed by atoms with Crippen LogP contribution in [0.15, 0.2) is 71.5 Å². The van der Waals surface area contributed by atoms with Crippen LogP contribution in [0.3, 0.4) is 0 Å². The summed E-state index contributed by atoms with van der Waals surface area (Å²) in [5, 5.41) is 14.0. The van der Waals surface area contributed by atoms with Crippen LogP contribution in [-0.2, 0) is 6.54 Å². The molecular formula is C28H29N5O2. The van der Waals surface area contributed by atoms with Crippen LogP contribution in [0.25, 0.3) is 11.3 Å². The summed E-state index contributed by atoms with van der Waals surface area (Å²) in [4.78, 5) is 8.97. The lowest BCUT2D eigenvalue weighted by Gasteiger charge is -2.34. The van der Waals surface area contributed by atoms with Crippen molar-refractivity contribution in [2.24, 2.45) is 0 Å². The normalized spacial score (nSPS) is 15.0. The number of aliphatic hydroxyl groups excluding tert-OH is 1. The van der Waals surface area contributed by atoms with E-state index in [9.17, 15) is 5.11 Å². The van der Waals surface area contributed by atoms with Crippen LogP contribution < -0.4 is 4.90 Å². The molecule has 0 bridgehead atoms. The Hall–Kier alpha value is -3.86. The summed E-state index contributed by atoms with van der Waals surface area (Å²) in [7, 11) is 2.17. The molecule has 1 saturated heterocycles. The maximum Gasteiger partial charge on any atom is 0.167 e. The van der Waals surface area contributed by atoms with E-state index in [-0.39, 0.29) is 0 Å². The first-order valence-corrected chi connectivity index (χ1v) is 11.9. The Labute approximate surface area is 205 Å². The molecular weight excluding hydrogens is 438 g/mol. The minimum Gasteiger partial charge on any atom is -0.385 e. The van der Waals surface area contributed by atoms with Gasteiger partial charge in [0.05, 0.1) is 6.54 Å². The Morgan fingerprint density at radius 2 is 1.63 bits per heavy atom. The second-order valence-corrected chi connectivity index (χ2v) is 8.94. The Balaban J connectivity index is 1.22. The van der Waals surface area contributed by atoms with Gasteiger partial charge >= 0.3 is 0 Å². The summed E-state index contributed by atoms with van der Waals surface area (Å²) in [5.74, 6) is 7.80. The fourth-order valence-corrected chi connectivity index (χ4v) is 4.20. The van der Waals surface area contributed by atoms with Gasteiger partial charge in [-0.2, -0.15) is 0 Å². The van der Waals surface area contributed by atoms with Crippen molar-refractivity contribution < 1.29 is 9.63 Å². The highest BCUT2D eigenvalue weighted by Crippen LogP contribution is 2.22. The lowest BCUT2D eigenvalue weighted by atomic mass is 10.1. The number of benzene rings is 2. The van der Waals surface area contributed by atoms with Gasteiger partial charge in [0.1, 0.15) is 17.6 Å². The molecule has 1 aliphatic heterocycles. The van der Waals surface area contributed by atoms with Gasteiger partial charge in [-0.25, -0.2) is 4.98 Å². The molecule has 3 heterocycles. The van der Waals surface area contributed by atoms with Crippen molar-refractivity contribution >= 4 is 5.69 Å². The van der Waals surface area contributed by atoms with Gasteiger partial charge in [-0.1, -0.05) is 17.0 Å². The maximum atomic E-state index is 9.83. The van der Waals surface area contributed by atoms with Crippen molar-refractivity contribution in [1.82, 2.24) is 19.6 Å². The SMILES string of the molecule is CC(O)c1nccn1Cc1cc(-c2ccc(C#Cc3ccc(N4CCN(C)CC4)cc3)cc2)on1. The Bertz CT molecular complexity index is 1320. The molecule has 1 fully saturated rings. The minimum atomic E-state index is -0.639. The van der Waals surface area contributed by atoms with Gasteiger partial charge in [0.2, 0.25) is 0 Å². The molecule has 1 atom stereocenters. The lowest BCUT2D eigenvalue weighted by Crippen LogP contribution is -2.44. The third kappa shape index (κ3) is 5.46. The van der Waals surface area contributed by atoms with Crippen LogP contribution in [0.2, 0.25) is 0 Å². The zero-order chi connectivity index (χ0) is 24.2. The quantitative estimate of drug-likeness (QED) is 0.451. The molecule has 1 N–H and O–H groups in total. The maximum absolute atomic E-state index is 9.83. The number of imidazole rings is 1. The van der Waals surface area contributed by atoms with Gasteiger partial charge in [0, 0.05) is 67.0 Å². The van der Waals surface area contributed by atoms with Gasteiger partial charge in [0.25, 0.3) is 0 Å². The average Bonchev–Trinajstić information content (AvgIpc) is 3.54. The largest absolute Gasteiger partial charge is 0.385 e. The van der Waals surface area contributed by atoms with Crippen molar-refractivity contribution in [3.63, 3.8) is 0 Å². The van der Waals surface area contributed by atoms with E-state index in [4.69, 9.17) is 4.52 Å². The summed E-state index contributed by atoms with van der Waals surface area (Å²) in [5.41, 5.74) is 4.91. The highest BCUT2D eigenvalue weighted by molar-refractivity contribution is 5.59. The molecule has 35 heavy (non-hydrogen) atoms. The number of likely N-dealkylation sites (N-methyl/N-ethyl adjacent to an activating group) is 1. The van der Waals surface area contributed by atoms with Crippen molar-refractivity contribution in [2.45, 2.75) is 19.6 Å². The number of aliphatic hydroxyl groups is 1. The zero-order valence-electron chi connectivity index (χ0n) is 20.1.